The van der Waals surface area contributed by atoms with Gasteiger partial charge in [0.1, 0.15) is 0 Å². The Morgan fingerprint density at radius 2 is 1.22 bits per heavy atom. The van der Waals surface area contributed by atoms with E-state index >= 15 is 0 Å². The number of carbonyl (C=O) groups is 2. The fourth-order valence-corrected chi connectivity index (χ4v) is 3.58. The van der Waals surface area contributed by atoms with Gasteiger partial charge in [0.15, 0.2) is 5.54 Å². The van der Waals surface area contributed by atoms with Gasteiger partial charge in [-0.15, -0.1) is 0 Å². The molecule has 3 aromatic carbocycles. The number of rotatable bonds is 5. The van der Waals surface area contributed by atoms with Crippen LogP contribution in [0.1, 0.15) is 16.7 Å². The summed E-state index contributed by atoms with van der Waals surface area (Å²) in [7, 11) is 0. The first-order valence-corrected chi connectivity index (χ1v) is 8.96. The van der Waals surface area contributed by atoms with E-state index in [9.17, 15) is 9.59 Å². The highest BCUT2D eigenvalue weighted by molar-refractivity contribution is 6.07. The minimum absolute atomic E-state index is 0.216. The molecule has 3 amide bonds. The molecule has 0 saturated carbocycles. The molecule has 1 fully saturated rings. The van der Waals surface area contributed by atoms with Crippen molar-refractivity contribution >= 4 is 11.9 Å². The molecular formula is C23H20N2O2. The SMILES string of the molecule is O=C1NC(Cc2ccccc2)(c2ccccc2)C(=O)N1Cc1ccccc1. The molecule has 1 heterocycles. The fourth-order valence-electron chi connectivity index (χ4n) is 3.58. The highest BCUT2D eigenvalue weighted by Crippen LogP contribution is 2.33. The van der Waals surface area contributed by atoms with Crippen molar-refractivity contribution < 1.29 is 9.59 Å². The standard InChI is InChI=1S/C23H20N2O2/c26-21-23(20-14-8-3-9-15-20,16-18-10-4-1-5-11-18)24-22(27)25(21)17-19-12-6-2-7-13-19/h1-15H,16-17H2,(H,24,27). The van der Waals surface area contributed by atoms with Crippen molar-refractivity contribution in [1.29, 1.82) is 0 Å². The molecule has 1 atom stereocenters. The van der Waals surface area contributed by atoms with E-state index in [2.05, 4.69) is 5.32 Å². The van der Waals surface area contributed by atoms with E-state index in [0.717, 1.165) is 16.7 Å². The summed E-state index contributed by atoms with van der Waals surface area (Å²) in [5.74, 6) is -0.216. The van der Waals surface area contributed by atoms with Crippen molar-refractivity contribution in [3.05, 3.63) is 108 Å². The van der Waals surface area contributed by atoms with Crippen LogP contribution in [-0.4, -0.2) is 16.8 Å². The lowest BCUT2D eigenvalue weighted by molar-refractivity contribution is -0.132. The average Bonchev–Trinajstić information content (AvgIpc) is 2.95. The van der Waals surface area contributed by atoms with Gasteiger partial charge in [0.25, 0.3) is 5.91 Å². The van der Waals surface area contributed by atoms with Gasteiger partial charge in [-0.25, -0.2) is 4.79 Å². The van der Waals surface area contributed by atoms with E-state index in [-0.39, 0.29) is 18.5 Å². The van der Waals surface area contributed by atoms with Crippen molar-refractivity contribution in [3.63, 3.8) is 0 Å². The molecule has 0 radical (unpaired) electrons. The number of carbonyl (C=O) groups excluding carboxylic acids is 2. The first-order valence-electron chi connectivity index (χ1n) is 8.96. The van der Waals surface area contributed by atoms with Crippen LogP contribution in [0, 0.1) is 0 Å². The third kappa shape index (κ3) is 3.22. The van der Waals surface area contributed by atoms with Crippen molar-refractivity contribution in [1.82, 2.24) is 10.2 Å². The average molecular weight is 356 g/mol. The van der Waals surface area contributed by atoms with E-state index in [0.29, 0.717) is 6.42 Å². The molecule has 3 aromatic rings. The number of hydrogen-bond donors (Lipinski definition) is 1. The monoisotopic (exact) mass is 356 g/mol. The maximum Gasteiger partial charge on any atom is 0.325 e. The number of benzene rings is 3. The van der Waals surface area contributed by atoms with Crippen LogP contribution in [0.3, 0.4) is 0 Å². The Balaban J connectivity index is 1.73. The second-order valence-corrected chi connectivity index (χ2v) is 6.74. The molecule has 1 unspecified atom stereocenters. The number of hydrogen-bond acceptors (Lipinski definition) is 2. The van der Waals surface area contributed by atoms with Gasteiger partial charge in [-0.2, -0.15) is 0 Å². The molecule has 1 aliphatic heterocycles. The van der Waals surface area contributed by atoms with Gasteiger partial charge in [-0.1, -0.05) is 91.0 Å². The summed E-state index contributed by atoms with van der Waals surface area (Å²) in [5, 5.41) is 2.99. The molecule has 0 bridgehead atoms. The first kappa shape index (κ1) is 17.0. The molecule has 4 nitrogen and oxygen atoms in total. The third-order valence-corrected chi connectivity index (χ3v) is 4.94. The molecule has 1 saturated heterocycles. The topological polar surface area (TPSA) is 49.4 Å². The van der Waals surface area contributed by atoms with Crippen LogP contribution in [-0.2, 0) is 23.3 Å². The Hall–Kier alpha value is -3.40. The van der Waals surface area contributed by atoms with Crippen LogP contribution in [0.2, 0.25) is 0 Å². The molecule has 1 aliphatic rings. The van der Waals surface area contributed by atoms with Crippen LogP contribution < -0.4 is 5.32 Å². The number of nitrogens with zero attached hydrogens (tertiary/aromatic N) is 1. The number of nitrogens with one attached hydrogen (secondary N) is 1. The molecule has 4 rings (SSSR count). The molecule has 0 aliphatic carbocycles. The van der Waals surface area contributed by atoms with Crippen molar-refractivity contribution in [2.24, 2.45) is 0 Å². The smallest absolute Gasteiger partial charge is 0.319 e. The lowest BCUT2D eigenvalue weighted by atomic mass is 9.83. The minimum Gasteiger partial charge on any atom is -0.319 e. The van der Waals surface area contributed by atoms with Crippen LogP contribution in [0.25, 0.3) is 0 Å². The fraction of sp³-hybridized carbons (Fsp3) is 0.130. The van der Waals surface area contributed by atoms with Gasteiger partial charge in [0, 0.05) is 6.42 Å². The largest absolute Gasteiger partial charge is 0.325 e. The van der Waals surface area contributed by atoms with Crippen molar-refractivity contribution in [3.8, 4) is 0 Å². The van der Waals surface area contributed by atoms with Crippen LogP contribution >= 0.6 is 0 Å². The van der Waals surface area contributed by atoms with E-state index in [1.807, 2.05) is 91.0 Å². The van der Waals surface area contributed by atoms with E-state index in [1.165, 1.54) is 4.90 Å². The Morgan fingerprint density at radius 1 is 0.704 bits per heavy atom. The molecule has 0 aromatic heterocycles. The summed E-state index contributed by atoms with van der Waals surface area (Å²) >= 11 is 0. The maximum absolute atomic E-state index is 13.5. The predicted molar refractivity (Wildman–Crippen MR) is 104 cm³/mol. The van der Waals surface area contributed by atoms with Gasteiger partial charge in [0.05, 0.1) is 6.54 Å². The molecule has 4 heteroatoms. The van der Waals surface area contributed by atoms with E-state index in [1.54, 1.807) is 0 Å². The maximum atomic E-state index is 13.5. The lowest BCUT2D eigenvalue weighted by Gasteiger charge is -2.27. The number of amides is 3. The summed E-state index contributed by atoms with van der Waals surface area (Å²) in [6.45, 7) is 0.259. The van der Waals surface area contributed by atoms with Crippen LogP contribution in [0.15, 0.2) is 91.0 Å². The highest BCUT2D eigenvalue weighted by Gasteiger charge is 2.52. The van der Waals surface area contributed by atoms with E-state index in [4.69, 9.17) is 0 Å². The summed E-state index contributed by atoms with van der Waals surface area (Å²) in [6, 6.07) is 28.5. The third-order valence-electron chi connectivity index (χ3n) is 4.94. The zero-order valence-corrected chi connectivity index (χ0v) is 14.8. The number of urea groups is 1. The van der Waals surface area contributed by atoms with E-state index < -0.39 is 5.54 Å². The summed E-state index contributed by atoms with van der Waals surface area (Å²) in [5.41, 5.74) is 1.62. The second-order valence-electron chi connectivity index (χ2n) is 6.74. The quantitative estimate of drug-likeness (QED) is 0.706. The van der Waals surface area contributed by atoms with Gasteiger partial charge in [0.2, 0.25) is 0 Å². The second kappa shape index (κ2) is 7.08. The predicted octanol–water partition coefficient (Wildman–Crippen LogP) is 3.88. The van der Waals surface area contributed by atoms with Crippen molar-refractivity contribution in [2.45, 2.75) is 18.5 Å². The zero-order chi connectivity index (χ0) is 18.7. The van der Waals surface area contributed by atoms with Crippen LogP contribution in [0.4, 0.5) is 4.79 Å². The Kier molecular flexibility index (Phi) is 4.47. The summed E-state index contributed by atoms with van der Waals surface area (Å²) in [4.78, 5) is 27.6. The number of imide groups is 1. The highest BCUT2D eigenvalue weighted by atomic mass is 16.2. The van der Waals surface area contributed by atoms with Gasteiger partial charge in [-0.3, -0.25) is 9.69 Å². The van der Waals surface area contributed by atoms with Gasteiger partial charge < -0.3 is 5.32 Å². The molecule has 27 heavy (non-hydrogen) atoms. The Morgan fingerprint density at radius 3 is 1.81 bits per heavy atom. The molecule has 134 valence electrons. The van der Waals surface area contributed by atoms with Gasteiger partial charge >= 0.3 is 6.03 Å². The molecule has 1 N–H and O–H groups in total. The lowest BCUT2D eigenvalue weighted by Crippen LogP contribution is -2.46. The van der Waals surface area contributed by atoms with Crippen LogP contribution in [0.5, 0.6) is 0 Å². The van der Waals surface area contributed by atoms with Crippen molar-refractivity contribution in [2.75, 3.05) is 0 Å². The molecule has 0 spiro atoms. The molecular weight excluding hydrogens is 336 g/mol. The van der Waals surface area contributed by atoms with Gasteiger partial charge in [-0.05, 0) is 16.7 Å². The zero-order valence-electron chi connectivity index (χ0n) is 14.8. The first-order chi connectivity index (χ1) is 13.2. The summed E-state index contributed by atoms with van der Waals surface area (Å²) in [6.07, 6.45) is 0.410. The minimum atomic E-state index is -1.09. The Labute approximate surface area is 158 Å². The Bertz CT molecular complexity index is 942. The summed E-state index contributed by atoms with van der Waals surface area (Å²) < 4.78 is 0. The normalized spacial score (nSPS) is 19.2.